The molecule has 3 aromatic rings. The minimum Gasteiger partial charge on any atom is -0.339 e. The van der Waals surface area contributed by atoms with Gasteiger partial charge < -0.3 is 10.2 Å². The topological polar surface area (TPSA) is 71.0 Å². The molecule has 9 heteroatoms. The van der Waals surface area contributed by atoms with Gasteiger partial charge in [-0.2, -0.15) is 13.2 Å². The van der Waals surface area contributed by atoms with E-state index in [0.717, 1.165) is 6.07 Å². The summed E-state index contributed by atoms with van der Waals surface area (Å²) in [6.07, 6.45) is -0.839. The third-order valence-corrected chi connectivity index (χ3v) is 5.41. The van der Waals surface area contributed by atoms with Gasteiger partial charge in [0, 0.05) is 41.9 Å². The zero-order valence-electron chi connectivity index (χ0n) is 18.6. The highest BCUT2D eigenvalue weighted by Gasteiger charge is 2.35. The number of nitrogens with zero attached hydrogens (tertiary/aromatic N) is 4. The van der Waals surface area contributed by atoms with Crippen molar-refractivity contribution < 1.29 is 18.0 Å². The van der Waals surface area contributed by atoms with Crippen molar-refractivity contribution in [2.75, 3.05) is 11.9 Å². The van der Waals surface area contributed by atoms with Crippen LogP contribution < -0.4 is 5.32 Å². The zero-order chi connectivity index (χ0) is 23.8. The Morgan fingerprint density at radius 3 is 2.39 bits per heavy atom. The maximum Gasteiger partial charge on any atom is 0.418 e. The van der Waals surface area contributed by atoms with Gasteiger partial charge in [0.1, 0.15) is 5.82 Å². The Kier molecular flexibility index (Phi) is 5.82. The molecule has 1 amide bonds. The Labute approximate surface area is 189 Å². The van der Waals surface area contributed by atoms with Crippen LogP contribution in [0.4, 0.5) is 24.7 Å². The monoisotopic (exact) mass is 455 g/mol. The Morgan fingerprint density at radius 2 is 1.73 bits per heavy atom. The number of nitrogens with one attached hydrogen (secondary N) is 1. The molecule has 0 fully saturated rings. The van der Waals surface area contributed by atoms with Crippen molar-refractivity contribution in [2.45, 2.75) is 39.9 Å². The van der Waals surface area contributed by atoms with Crippen molar-refractivity contribution in [1.29, 1.82) is 0 Å². The van der Waals surface area contributed by atoms with Crippen molar-refractivity contribution in [1.82, 2.24) is 19.9 Å². The third-order valence-electron chi connectivity index (χ3n) is 5.41. The first-order valence-corrected chi connectivity index (χ1v) is 10.6. The molecule has 0 unspecified atom stereocenters. The van der Waals surface area contributed by atoms with Gasteiger partial charge in [-0.25, -0.2) is 9.97 Å². The Hall–Kier alpha value is -3.49. The molecule has 0 atom stereocenters. The summed E-state index contributed by atoms with van der Waals surface area (Å²) in [6, 6.07) is 8.75. The molecule has 0 bridgehead atoms. The molecule has 0 saturated carbocycles. The molecular weight excluding hydrogens is 431 g/mol. The second-order valence-electron chi connectivity index (χ2n) is 8.95. The first kappa shape index (κ1) is 22.7. The quantitative estimate of drug-likeness (QED) is 0.586. The molecule has 1 aromatic carbocycles. The smallest absolute Gasteiger partial charge is 0.339 e. The van der Waals surface area contributed by atoms with Crippen molar-refractivity contribution in [2.24, 2.45) is 5.41 Å². The fourth-order valence-electron chi connectivity index (χ4n) is 3.76. The predicted molar refractivity (Wildman–Crippen MR) is 119 cm³/mol. The molecule has 172 valence electrons. The molecule has 3 heterocycles. The van der Waals surface area contributed by atoms with E-state index < -0.39 is 17.2 Å². The van der Waals surface area contributed by atoms with Crippen LogP contribution in [0.2, 0.25) is 0 Å². The molecule has 6 nitrogen and oxygen atoms in total. The van der Waals surface area contributed by atoms with Gasteiger partial charge in [0.15, 0.2) is 5.82 Å². The third kappa shape index (κ3) is 4.81. The van der Waals surface area contributed by atoms with Gasteiger partial charge in [-0.1, -0.05) is 32.9 Å². The summed E-state index contributed by atoms with van der Waals surface area (Å²) < 4.78 is 40.8. The van der Waals surface area contributed by atoms with Crippen LogP contribution in [0.15, 0.2) is 48.8 Å². The second-order valence-corrected chi connectivity index (χ2v) is 8.95. The summed E-state index contributed by atoms with van der Waals surface area (Å²) >= 11 is 0. The predicted octanol–water partition coefficient (Wildman–Crippen LogP) is 5.23. The van der Waals surface area contributed by atoms with Crippen molar-refractivity contribution in [3.05, 3.63) is 65.6 Å². The number of fused-ring (bicyclic) bond motifs is 1. The number of carbonyl (C=O) groups is 1. The van der Waals surface area contributed by atoms with Crippen LogP contribution in [-0.4, -0.2) is 32.3 Å². The first-order chi connectivity index (χ1) is 15.5. The number of alkyl halides is 3. The lowest BCUT2D eigenvalue weighted by atomic mass is 9.93. The molecule has 1 N–H and O–H groups in total. The molecule has 0 saturated heterocycles. The first-order valence-electron chi connectivity index (χ1n) is 10.6. The molecule has 2 aromatic heterocycles. The van der Waals surface area contributed by atoms with Gasteiger partial charge in [0.2, 0.25) is 5.91 Å². The van der Waals surface area contributed by atoms with Crippen LogP contribution >= 0.6 is 0 Å². The van der Waals surface area contributed by atoms with Crippen LogP contribution in [0.25, 0.3) is 11.4 Å². The number of benzene rings is 1. The number of anilines is 2. The molecule has 4 rings (SSSR count). The average molecular weight is 455 g/mol. The molecule has 33 heavy (non-hydrogen) atoms. The fourth-order valence-corrected chi connectivity index (χ4v) is 3.76. The summed E-state index contributed by atoms with van der Waals surface area (Å²) in [5, 5.41) is 2.89. The number of aromatic nitrogens is 3. The number of hydrogen-bond acceptors (Lipinski definition) is 5. The maximum atomic E-state index is 13.6. The van der Waals surface area contributed by atoms with E-state index >= 15 is 0 Å². The molecule has 0 aliphatic carbocycles. The van der Waals surface area contributed by atoms with Crippen LogP contribution in [0.3, 0.4) is 0 Å². The lowest BCUT2D eigenvalue weighted by molar-refractivity contribution is -0.140. The van der Waals surface area contributed by atoms with Crippen LogP contribution in [0.1, 0.15) is 37.6 Å². The zero-order valence-corrected chi connectivity index (χ0v) is 18.6. The summed E-state index contributed by atoms with van der Waals surface area (Å²) in [5.41, 5.74) is 0.557. The van der Waals surface area contributed by atoms with Crippen molar-refractivity contribution in [3.8, 4) is 11.4 Å². The van der Waals surface area contributed by atoms with Crippen molar-refractivity contribution in [3.63, 3.8) is 0 Å². The van der Waals surface area contributed by atoms with Gasteiger partial charge in [-0.05, 0) is 24.3 Å². The second kappa shape index (κ2) is 8.46. The number of hydrogen-bond donors (Lipinski definition) is 1. The van der Waals surface area contributed by atoms with Crippen LogP contribution in [0.5, 0.6) is 0 Å². The van der Waals surface area contributed by atoms with E-state index in [2.05, 4.69) is 20.3 Å². The number of rotatable bonds is 3. The highest BCUT2D eigenvalue weighted by atomic mass is 19.4. The number of amides is 1. The molecular formula is C24H24F3N5O. The molecule has 1 aliphatic heterocycles. The highest BCUT2D eigenvalue weighted by molar-refractivity contribution is 5.82. The number of carbonyl (C=O) groups excluding carboxylic acids is 1. The average Bonchev–Trinajstić information content (AvgIpc) is 2.78. The minimum absolute atomic E-state index is 0.0343. The summed E-state index contributed by atoms with van der Waals surface area (Å²) in [6.45, 7) is 6.22. The molecule has 1 aliphatic rings. The Morgan fingerprint density at radius 1 is 1.03 bits per heavy atom. The number of halogens is 3. The summed E-state index contributed by atoms with van der Waals surface area (Å²) in [5.74, 6) is 0.613. The van der Waals surface area contributed by atoms with E-state index in [-0.39, 0.29) is 24.0 Å². The van der Waals surface area contributed by atoms with E-state index in [4.69, 9.17) is 0 Å². The summed E-state index contributed by atoms with van der Waals surface area (Å²) in [7, 11) is 0. The van der Waals surface area contributed by atoms with E-state index in [1.54, 1.807) is 29.4 Å². The van der Waals surface area contributed by atoms with Crippen LogP contribution in [-0.2, 0) is 23.9 Å². The lowest BCUT2D eigenvalue weighted by Gasteiger charge is -2.34. The SMILES string of the molecule is CC(C)(C)C(=O)N1CCc2nc(-c3ccncc3)nc(Nc3ccccc3C(F)(F)F)c2C1. The molecule has 0 radical (unpaired) electrons. The van der Waals surface area contributed by atoms with Crippen LogP contribution in [0, 0.1) is 5.41 Å². The van der Waals surface area contributed by atoms with Gasteiger partial charge in [0.25, 0.3) is 0 Å². The van der Waals surface area contributed by atoms with Gasteiger partial charge in [-0.3, -0.25) is 9.78 Å². The largest absolute Gasteiger partial charge is 0.418 e. The number of para-hydroxylation sites is 1. The normalized spacial score (nSPS) is 14.1. The standard InChI is InChI=1S/C24H24F3N5O/c1-23(2,3)22(33)32-13-10-18-16(14-32)21(31-20(29-18)15-8-11-28-12-9-15)30-19-7-5-4-6-17(19)24(25,26)27/h4-9,11-12H,10,13-14H2,1-3H3,(H,29,30,31). The maximum absolute atomic E-state index is 13.6. The van der Waals surface area contributed by atoms with Crippen molar-refractivity contribution >= 4 is 17.4 Å². The number of pyridine rings is 1. The van der Waals surface area contributed by atoms with E-state index in [1.165, 1.54) is 18.2 Å². The lowest BCUT2D eigenvalue weighted by Crippen LogP contribution is -2.43. The van der Waals surface area contributed by atoms with Gasteiger partial charge in [0.05, 0.1) is 23.5 Å². The Bertz CT molecular complexity index is 1170. The van der Waals surface area contributed by atoms with Gasteiger partial charge >= 0.3 is 6.18 Å². The van der Waals surface area contributed by atoms with E-state index in [9.17, 15) is 18.0 Å². The highest BCUT2D eigenvalue weighted by Crippen LogP contribution is 2.37. The van der Waals surface area contributed by atoms with E-state index in [0.29, 0.717) is 35.6 Å². The van der Waals surface area contributed by atoms with E-state index in [1.807, 2.05) is 20.8 Å². The minimum atomic E-state index is -4.53. The molecule has 0 spiro atoms. The Balaban J connectivity index is 1.81. The fraction of sp³-hybridized carbons (Fsp3) is 0.333. The van der Waals surface area contributed by atoms with Gasteiger partial charge in [-0.15, -0.1) is 0 Å². The summed E-state index contributed by atoms with van der Waals surface area (Å²) in [4.78, 5) is 27.8.